The quantitative estimate of drug-likeness (QED) is 0.365. The van der Waals surface area contributed by atoms with E-state index >= 15 is 0 Å². The molecule has 0 bridgehead atoms. The summed E-state index contributed by atoms with van der Waals surface area (Å²) >= 11 is 1.38. The minimum atomic E-state index is -1.00. The highest BCUT2D eigenvalue weighted by Gasteiger charge is 2.48. The molecule has 0 amide bonds. The smallest absolute Gasteiger partial charge is 0.327 e. The summed E-state index contributed by atoms with van der Waals surface area (Å²) in [5.41, 5.74) is 2.04. The number of ketones is 1. The number of benzene rings is 3. The van der Waals surface area contributed by atoms with Gasteiger partial charge in [-0.3, -0.25) is 9.59 Å². The van der Waals surface area contributed by atoms with Gasteiger partial charge in [-0.05, 0) is 35.4 Å². The zero-order chi connectivity index (χ0) is 22.4. The van der Waals surface area contributed by atoms with E-state index < -0.39 is 16.8 Å². The van der Waals surface area contributed by atoms with Gasteiger partial charge in [-0.1, -0.05) is 78.9 Å². The maximum absolute atomic E-state index is 13.2. The Morgan fingerprint density at radius 1 is 0.906 bits per heavy atom. The Bertz CT molecular complexity index is 1020. The zero-order valence-electron chi connectivity index (χ0n) is 18.1. The van der Waals surface area contributed by atoms with Crippen LogP contribution in [0.15, 0.2) is 91.0 Å². The van der Waals surface area contributed by atoms with Crippen molar-refractivity contribution in [2.45, 2.75) is 23.7 Å². The Kier molecular flexibility index (Phi) is 6.96. The van der Waals surface area contributed by atoms with E-state index in [1.165, 1.54) is 17.3 Å². The molecule has 1 aliphatic rings. The Labute approximate surface area is 193 Å². The molecule has 1 heterocycles. The second-order valence-corrected chi connectivity index (χ2v) is 9.32. The predicted molar refractivity (Wildman–Crippen MR) is 130 cm³/mol. The maximum Gasteiger partial charge on any atom is 0.327 e. The maximum atomic E-state index is 13.2. The number of carbonyl (C=O) groups is 2. The number of cyclic esters (lactones) is 1. The average Bonchev–Trinajstić information content (AvgIpc) is 2.82. The number of thioether (sulfide) groups is 1. The number of nitrogens with zero attached hydrogens (tertiary/aromatic N) is 1. The highest BCUT2D eigenvalue weighted by molar-refractivity contribution is 8.01. The van der Waals surface area contributed by atoms with Crippen LogP contribution in [0.2, 0.25) is 0 Å². The molecule has 32 heavy (non-hydrogen) atoms. The second kappa shape index (κ2) is 10.0. The van der Waals surface area contributed by atoms with Gasteiger partial charge in [-0.25, -0.2) is 0 Å². The molecule has 1 fully saturated rings. The van der Waals surface area contributed by atoms with Gasteiger partial charge in [0.25, 0.3) is 0 Å². The van der Waals surface area contributed by atoms with Crippen LogP contribution >= 0.6 is 11.8 Å². The molecule has 0 aromatic heterocycles. The van der Waals surface area contributed by atoms with Gasteiger partial charge in [0, 0.05) is 12.7 Å². The SMILES string of the molecule is CN(CC1(c2ccccc2)CC(=O)C(SCCc2ccccc2)C(=O)O1)c1ccccc1. The van der Waals surface area contributed by atoms with Crippen LogP contribution in [0.25, 0.3) is 0 Å². The van der Waals surface area contributed by atoms with E-state index in [2.05, 4.69) is 12.1 Å². The molecule has 2 unspecified atom stereocenters. The van der Waals surface area contributed by atoms with Crippen molar-refractivity contribution >= 4 is 29.2 Å². The average molecular weight is 446 g/mol. The zero-order valence-corrected chi connectivity index (χ0v) is 19.0. The van der Waals surface area contributed by atoms with Crippen LogP contribution in [0.3, 0.4) is 0 Å². The number of esters is 1. The molecule has 0 aliphatic carbocycles. The fourth-order valence-electron chi connectivity index (χ4n) is 4.13. The number of carbonyl (C=O) groups excluding carboxylic acids is 2. The molecule has 3 aromatic rings. The lowest BCUT2D eigenvalue weighted by molar-refractivity contribution is -0.169. The van der Waals surface area contributed by atoms with E-state index in [0.717, 1.165) is 17.7 Å². The first-order chi connectivity index (χ1) is 15.6. The third-order valence-corrected chi connectivity index (χ3v) is 7.00. The minimum absolute atomic E-state index is 0.0652. The molecule has 2 atom stereocenters. The number of aryl methyl sites for hydroxylation is 1. The molecule has 4 rings (SSSR count). The topological polar surface area (TPSA) is 46.6 Å². The van der Waals surface area contributed by atoms with Gasteiger partial charge in [0.1, 0.15) is 0 Å². The van der Waals surface area contributed by atoms with Crippen molar-refractivity contribution in [3.8, 4) is 0 Å². The molecule has 0 saturated carbocycles. The van der Waals surface area contributed by atoms with Crippen LogP contribution in [0.1, 0.15) is 17.5 Å². The standard InChI is InChI=1S/C27H27NO3S/c1-28(23-15-9-4-10-16-23)20-27(22-13-7-3-8-14-22)19-24(29)25(26(30)31-27)32-18-17-21-11-5-2-6-12-21/h2-16,25H,17-20H2,1H3. The van der Waals surface area contributed by atoms with E-state index in [4.69, 9.17) is 4.74 Å². The summed E-state index contributed by atoms with van der Waals surface area (Å²) in [6.45, 7) is 0.403. The van der Waals surface area contributed by atoms with Crippen molar-refractivity contribution in [3.63, 3.8) is 0 Å². The van der Waals surface area contributed by atoms with Gasteiger partial charge >= 0.3 is 5.97 Å². The third-order valence-electron chi connectivity index (χ3n) is 5.77. The van der Waals surface area contributed by atoms with Crippen molar-refractivity contribution < 1.29 is 14.3 Å². The molecule has 4 nitrogen and oxygen atoms in total. The summed E-state index contributed by atoms with van der Waals surface area (Å²) in [6, 6.07) is 29.6. The van der Waals surface area contributed by atoms with Gasteiger partial charge in [0.05, 0.1) is 13.0 Å². The fraction of sp³-hybridized carbons (Fsp3) is 0.259. The normalized spacial score (nSPS) is 20.6. The van der Waals surface area contributed by atoms with Crippen molar-refractivity contribution in [1.82, 2.24) is 0 Å². The van der Waals surface area contributed by atoms with Crippen LogP contribution in [0.4, 0.5) is 5.69 Å². The highest BCUT2D eigenvalue weighted by Crippen LogP contribution is 2.38. The van der Waals surface area contributed by atoms with E-state index in [-0.39, 0.29) is 12.2 Å². The molecule has 1 saturated heterocycles. The van der Waals surface area contributed by atoms with Crippen LogP contribution in [-0.2, 0) is 26.3 Å². The van der Waals surface area contributed by atoms with Gasteiger partial charge < -0.3 is 9.64 Å². The summed E-state index contributed by atoms with van der Waals surface area (Å²) in [4.78, 5) is 28.3. The molecule has 0 N–H and O–H groups in total. The summed E-state index contributed by atoms with van der Waals surface area (Å²) in [5, 5.41) is -0.766. The molecule has 1 aliphatic heterocycles. The lowest BCUT2D eigenvalue weighted by atomic mass is 9.85. The number of anilines is 1. The summed E-state index contributed by atoms with van der Waals surface area (Å²) in [5.74, 6) is 0.187. The lowest BCUT2D eigenvalue weighted by Crippen LogP contribution is -2.52. The fourth-order valence-corrected chi connectivity index (χ4v) is 5.17. The van der Waals surface area contributed by atoms with Crippen molar-refractivity contribution in [3.05, 3.63) is 102 Å². The van der Waals surface area contributed by atoms with Crippen molar-refractivity contribution in [1.29, 1.82) is 0 Å². The Morgan fingerprint density at radius 2 is 1.50 bits per heavy atom. The van der Waals surface area contributed by atoms with Crippen LogP contribution in [0.5, 0.6) is 0 Å². The largest absolute Gasteiger partial charge is 0.451 e. The summed E-state index contributed by atoms with van der Waals surface area (Å²) in [7, 11) is 1.96. The minimum Gasteiger partial charge on any atom is -0.451 e. The molecule has 3 aromatic carbocycles. The number of likely N-dealkylation sites (N-methyl/N-ethyl adjacent to an activating group) is 1. The number of hydrogen-bond acceptors (Lipinski definition) is 5. The van der Waals surface area contributed by atoms with Crippen LogP contribution in [-0.4, -0.2) is 36.3 Å². The van der Waals surface area contributed by atoms with Crippen molar-refractivity contribution in [2.24, 2.45) is 0 Å². The summed E-state index contributed by atoms with van der Waals surface area (Å²) in [6.07, 6.45) is 0.978. The number of para-hydroxylation sites is 1. The van der Waals surface area contributed by atoms with Gasteiger partial charge in [0.15, 0.2) is 16.6 Å². The number of Topliss-reactive ketones (excluding diaryl/α,β-unsaturated/α-hetero) is 1. The predicted octanol–water partition coefficient (Wildman–Crippen LogP) is 4.88. The Balaban J connectivity index is 1.51. The van der Waals surface area contributed by atoms with Gasteiger partial charge in [-0.2, -0.15) is 0 Å². The lowest BCUT2D eigenvalue weighted by Gasteiger charge is -2.41. The third kappa shape index (κ3) is 5.05. The molecular formula is C27H27NO3S. The molecule has 164 valence electrons. The monoisotopic (exact) mass is 445 g/mol. The van der Waals surface area contributed by atoms with Crippen LogP contribution in [0, 0.1) is 0 Å². The van der Waals surface area contributed by atoms with E-state index in [0.29, 0.717) is 12.3 Å². The van der Waals surface area contributed by atoms with Crippen LogP contribution < -0.4 is 4.90 Å². The number of ether oxygens (including phenoxy) is 1. The van der Waals surface area contributed by atoms with Gasteiger partial charge in [-0.15, -0.1) is 11.8 Å². The number of rotatable bonds is 8. The second-order valence-electron chi connectivity index (χ2n) is 8.10. The number of hydrogen-bond donors (Lipinski definition) is 0. The van der Waals surface area contributed by atoms with Crippen molar-refractivity contribution in [2.75, 3.05) is 24.2 Å². The summed E-state index contributed by atoms with van der Waals surface area (Å²) < 4.78 is 6.12. The first-order valence-electron chi connectivity index (χ1n) is 10.8. The Morgan fingerprint density at radius 3 is 2.12 bits per heavy atom. The molecular weight excluding hydrogens is 418 g/mol. The first-order valence-corrected chi connectivity index (χ1v) is 11.9. The highest BCUT2D eigenvalue weighted by atomic mass is 32.2. The van der Waals surface area contributed by atoms with E-state index in [1.807, 2.05) is 90.8 Å². The molecule has 5 heteroatoms. The molecule has 0 radical (unpaired) electrons. The van der Waals surface area contributed by atoms with E-state index in [9.17, 15) is 9.59 Å². The van der Waals surface area contributed by atoms with Gasteiger partial charge in [0.2, 0.25) is 0 Å². The van der Waals surface area contributed by atoms with E-state index in [1.54, 1.807) is 0 Å². The molecule has 0 spiro atoms. The first kappa shape index (κ1) is 22.2. The Hall–Kier alpha value is -3.05.